The number of rotatable bonds is 1. The van der Waals surface area contributed by atoms with Gasteiger partial charge in [0.05, 0.1) is 0 Å². The first-order chi connectivity index (χ1) is 9.31. The molecule has 94 valence electrons. The lowest BCUT2D eigenvalue weighted by molar-refractivity contribution is 0.634. The van der Waals surface area contributed by atoms with Gasteiger partial charge in [-0.2, -0.15) is 10.5 Å². The fourth-order valence-electron chi connectivity index (χ4n) is 3.17. The molecule has 19 heavy (non-hydrogen) atoms. The van der Waals surface area contributed by atoms with Crippen LogP contribution in [0.25, 0.3) is 6.08 Å². The van der Waals surface area contributed by atoms with Gasteiger partial charge in [0.25, 0.3) is 0 Å². The van der Waals surface area contributed by atoms with Crippen LogP contribution in [0.15, 0.2) is 17.7 Å². The summed E-state index contributed by atoms with van der Waals surface area (Å²) < 4.78 is 0. The summed E-state index contributed by atoms with van der Waals surface area (Å²) in [6, 6.07) is 8.15. The number of benzene rings is 1. The van der Waals surface area contributed by atoms with Gasteiger partial charge >= 0.3 is 0 Å². The molecule has 0 atom stereocenters. The molecule has 0 unspecified atom stereocenters. The molecule has 3 heteroatoms. The van der Waals surface area contributed by atoms with E-state index < -0.39 is 0 Å². The minimum absolute atomic E-state index is 0.177. The molecule has 3 rings (SSSR count). The number of allylic oxidation sites excluding steroid dienone is 1. The van der Waals surface area contributed by atoms with E-state index in [0.717, 1.165) is 31.5 Å². The van der Waals surface area contributed by atoms with Gasteiger partial charge in [-0.05, 0) is 60.6 Å². The maximum Gasteiger partial charge on any atom is 0.130 e. The van der Waals surface area contributed by atoms with Gasteiger partial charge in [-0.3, -0.25) is 0 Å². The number of hydrogen-bond acceptors (Lipinski definition) is 3. The molecule has 0 aliphatic carbocycles. The maximum absolute atomic E-state index is 8.86. The zero-order chi connectivity index (χ0) is 13.2. The third-order valence-corrected chi connectivity index (χ3v) is 3.91. The number of aryl methyl sites for hydroxylation is 2. The van der Waals surface area contributed by atoms with E-state index in [0.29, 0.717) is 0 Å². The monoisotopic (exact) mass is 249 g/mol. The Hall–Kier alpha value is -2.26. The van der Waals surface area contributed by atoms with Crippen molar-refractivity contribution in [3.05, 3.63) is 34.4 Å². The first kappa shape index (κ1) is 11.8. The van der Waals surface area contributed by atoms with Crippen molar-refractivity contribution >= 4 is 11.8 Å². The van der Waals surface area contributed by atoms with Crippen LogP contribution in [0.2, 0.25) is 0 Å². The molecule has 1 aromatic rings. The molecule has 0 radical (unpaired) electrons. The maximum atomic E-state index is 8.86. The van der Waals surface area contributed by atoms with Crippen LogP contribution in [0.1, 0.15) is 29.5 Å². The Bertz CT molecular complexity index is 581. The van der Waals surface area contributed by atoms with E-state index in [2.05, 4.69) is 17.0 Å². The molecule has 2 aliphatic rings. The number of anilines is 1. The van der Waals surface area contributed by atoms with E-state index in [1.54, 1.807) is 6.08 Å². The van der Waals surface area contributed by atoms with E-state index in [1.165, 1.54) is 29.7 Å². The van der Waals surface area contributed by atoms with Crippen molar-refractivity contribution in [3.8, 4) is 12.1 Å². The van der Waals surface area contributed by atoms with E-state index in [1.807, 2.05) is 12.1 Å². The predicted octanol–water partition coefficient (Wildman–Crippen LogP) is 2.82. The van der Waals surface area contributed by atoms with Crippen molar-refractivity contribution in [3.63, 3.8) is 0 Å². The van der Waals surface area contributed by atoms with Crippen LogP contribution in [-0.2, 0) is 12.8 Å². The Labute approximate surface area is 113 Å². The summed E-state index contributed by atoms with van der Waals surface area (Å²) in [5.74, 6) is 0. The molecular formula is C16H15N3. The normalized spacial score (nSPS) is 16.0. The molecule has 0 bridgehead atoms. The molecule has 0 fully saturated rings. The molecule has 0 N–H and O–H groups in total. The standard InChI is InChI=1S/C16H15N3/c17-10-13(11-18)7-12-8-14-3-1-5-19-6-2-4-15(9-12)16(14)19/h7-9H,1-6H2. The van der Waals surface area contributed by atoms with Crippen molar-refractivity contribution in [2.24, 2.45) is 0 Å². The summed E-state index contributed by atoms with van der Waals surface area (Å²) in [6.07, 6.45) is 6.31. The highest BCUT2D eigenvalue weighted by molar-refractivity contribution is 5.70. The second-order valence-electron chi connectivity index (χ2n) is 5.16. The van der Waals surface area contributed by atoms with Crippen LogP contribution >= 0.6 is 0 Å². The summed E-state index contributed by atoms with van der Waals surface area (Å²) in [4.78, 5) is 2.49. The van der Waals surface area contributed by atoms with E-state index >= 15 is 0 Å². The van der Waals surface area contributed by atoms with Crippen molar-refractivity contribution in [2.75, 3.05) is 18.0 Å². The topological polar surface area (TPSA) is 50.8 Å². The third kappa shape index (κ3) is 2.09. The Balaban J connectivity index is 2.09. The zero-order valence-corrected chi connectivity index (χ0v) is 10.8. The molecule has 0 aromatic heterocycles. The molecule has 0 spiro atoms. The fourth-order valence-corrected chi connectivity index (χ4v) is 3.17. The second kappa shape index (κ2) is 4.78. The average Bonchev–Trinajstić information content (AvgIpc) is 2.45. The Kier molecular flexibility index (Phi) is 2.97. The van der Waals surface area contributed by atoms with Gasteiger partial charge in [0.2, 0.25) is 0 Å². The van der Waals surface area contributed by atoms with Crippen molar-refractivity contribution < 1.29 is 0 Å². The molecule has 1 aromatic carbocycles. The summed E-state index contributed by atoms with van der Waals surface area (Å²) in [5.41, 5.74) is 5.35. The van der Waals surface area contributed by atoms with E-state index in [4.69, 9.17) is 10.5 Å². The SMILES string of the molecule is N#CC(C#N)=Cc1cc2c3c(c1)CCCN3CCC2. The Morgan fingerprint density at radius 1 is 1.05 bits per heavy atom. The molecule has 3 nitrogen and oxygen atoms in total. The van der Waals surface area contributed by atoms with Gasteiger partial charge in [-0.1, -0.05) is 0 Å². The van der Waals surface area contributed by atoms with Crippen LogP contribution in [0.3, 0.4) is 0 Å². The smallest absolute Gasteiger partial charge is 0.130 e. The van der Waals surface area contributed by atoms with Gasteiger partial charge in [-0.25, -0.2) is 0 Å². The fraction of sp³-hybridized carbons (Fsp3) is 0.375. The molecule has 0 saturated carbocycles. The van der Waals surface area contributed by atoms with Gasteiger partial charge < -0.3 is 4.90 Å². The van der Waals surface area contributed by atoms with Gasteiger partial charge in [-0.15, -0.1) is 0 Å². The van der Waals surface area contributed by atoms with Crippen molar-refractivity contribution in [1.29, 1.82) is 10.5 Å². The van der Waals surface area contributed by atoms with Crippen LogP contribution in [0, 0.1) is 22.7 Å². The van der Waals surface area contributed by atoms with Crippen LogP contribution < -0.4 is 4.90 Å². The Morgan fingerprint density at radius 2 is 1.63 bits per heavy atom. The van der Waals surface area contributed by atoms with Gasteiger partial charge in [0.1, 0.15) is 17.7 Å². The highest BCUT2D eigenvalue weighted by Gasteiger charge is 2.23. The summed E-state index contributed by atoms with van der Waals surface area (Å²) in [6.45, 7) is 2.33. The molecule has 2 heterocycles. The first-order valence-electron chi connectivity index (χ1n) is 6.74. The highest BCUT2D eigenvalue weighted by atomic mass is 15.1. The van der Waals surface area contributed by atoms with Crippen LogP contribution in [0.4, 0.5) is 5.69 Å². The lowest BCUT2D eigenvalue weighted by Gasteiger charge is -2.37. The molecular weight excluding hydrogens is 234 g/mol. The first-order valence-corrected chi connectivity index (χ1v) is 6.74. The second-order valence-corrected chi connectivity index (χ2v) is 5.16. The highest BCUT2D eigenvalue weighted by Crippen LogP contribution is 2.36. The van der Waals surface area contributed by atoms with Crippen molar-refractivity contribution in [1.82, 2.24) is 0 Å². The molecule has 0 amide bonds. The van der Waals surface area contributed by atoms with Crippen LogP contribution in [0.5, 0.6) is 0 Å². The lowest BCUT2D eigenvalue weighted by Crippen LogP contribution is -2.34. The average molecular weight is 249 g/mol. The van der Waals surface area contributed by atoms with E-state index in [-0.39, 0.29) is 5.57 Å². The molecule has 2 aliphatic heterocycles. The van der Waals surface area contributed by atoms with Crippen LogP contribution in [-0.4, -0.2) is 13.1 Å². The quantitative estimate of drug-likeness (QED) is 0.719. The number of nitrogens with zero attached hydrogens (tertiary/aromatic N) is 3. The number of nitriles is 2. The minimum atomic E-state index is 0.177. The Morgan fingerprint density at radius 3 is 2.16 bits per heavy atom. The van der Waals surface area contributed by atoms with Gasteiger partial charge in [0, 0.05) is 18.8 Å². The predicted molar refractivity (Wildman–Crippen MR) is 74.5 cm³/mol. The minimum Gasteiger partial charge on any atom is -0.371 e. The summed E-state index contributed by atoms with van der Waals surface area (Å²) in [5, 5.41) is 17.7. The van der Waals surface area contributed by atoms with Crippen molar-refractivity contribution in [2.45, 2.75) is 25.7 Å². The zero-order valence-electron chi connectivity index (χ0n) is 10.8. The summed E-state index contributed by atoms with van der Waals surface area (Å²) >= 11 is 0. The van der Waals surface area contributed by atoms with E-state index in [9.17, 15) is 0 Å². The largest absolute Gasteiger partial charge is 0.371 e. The number of hydrogen-bond donors (Lipinski definition) is 0. The lowest BCUT2D eigenvalue weighted by atomic mass is 9.90. The molecule has 0 saturated heterocycles. The van der Waals surface area contributed by atoms with Gasteiger partial charge in [0.15, 0.2) is 0 Å². The summed E-state index contributed by atoms with van der Waals surface area (Å²) in [7, 11) is 0. The third-order valence-electron chi connectivity index (χ3n) is 3.91.